The molecule has 0 aliphatic carbocycles. The molecule has 0 radical (unpaired) electrons. The molecule has 1 aliphatic heterocycles. The number of anilines is 2. The van der Waals surface area contributed by atoms with Gasteiger partial charge in [-0.15, -0.1) is 0 Å². The lowest BCUT2D eigenvalue weighted by Gasteiger charge is -2.16. The molecule has 3 amide bonds. The smallest absolute Gasteiger partial charge is 0.339 e. The molecule has 3 N–H and O–H groups in total. The number of phenols is 1. The molecule has 1 unspecified atom stereocenters. The molecule has 1 saturated heterocycles. The van der Waals surface area contributed by atoms with Crippen molar-refractivity contribution in [1.29, 1.82) is 0 Å². The quantitative estimate of drug-likeness (QED) is 0.705. The van der Waals surface area contributed by atoms with E-state index in [1.165, 1.54) is 6.07 Å². The van der Waals surface area contributed by atoms with Crippen LogP contribution in [0.1, 0.15) is 22.3 Å². The number of hydrogen-bond donors (Lipinski definition) is 3. The highest BCUT2D eigenvalue weighted by Gasteiger charge is 2.42. The summed E-state index contributed by atoms with van der Waals surface area (Å²) in [5, 5.41) is 19.8. The van der Waals surface area contributed by atoms with Crippen LogP contribution in [0.15, 0.2) is 42.5 Å². The Morgan fingerprint density at radius 1 is 1.18 bits per heavy atom. The van der Waals surface area contributed by atoms with Gasteiger partial charge in [0.15, 0.2) is 0 Å². The Bertz CT molecular complexity index is 990. The average molecular weight is 400 g/mol. The van der Waals surface area contributed by atoms with Crippen LogP contribution in [0.3, 0.4) is 0 Å². The molecule has 2 aromatic rings. The van der Waals surface area contributed by atoms with E-state index in [9.17, 15) is 24.3 Å². The predicted molar refractivity (Wildman–Crippen MR) is 104 cm³/mol. The molecule has 0 spiro atoms. The van der Waals surface area contributed by atoms with Crippen LogP contribution in [0, 0.1) is 6.92 Å². The lowest BCUT2D eigenvalue weighted by Crippen LogP contribution is -2.33. The fourth-order valence-electron chi connectivity index (χ4n) is 2.79. The van der Waals surface area contributed by atoms with E-state index in [0.717, 1.165) is 34.4 Å². The number of nitrogens with one attached hydrogen (secondary N) is 1. The highest BCUT2D eigenvalue weighted by Crippen LogP contribution is 2.35. The third-order valence-electron chi connectivity index (χ3n) is 4.16. The standard InChI is InChI=1S/C19H16N2O6S/c1-10-4-2-3-5-13(10)21-17(24)15(28-19(21)27)9-16(23)20-11-6-7-12(18(25)26)14(22)8-11/h2-8,15,22H,9H2,1H3,(H,20,23)(H,25,26). The van der Waals surface area contributed by atoms with Gasteiger partial charge < -0.3 is 15.5 Å². The minimum absolute atomic E-state index is 0.185. The number of hydrogen-bond acceptors (Lipinski definition) is 6. The van der Waals surface area contributed by atoms with Crippen molar-refractivity contribution in [2.45, 2.75) is 18.6 Å². The molecule has 0 aromatic heterocycles. The second-order valence-corrected chi connectivity index (χ2v) is 7.28. The summed E-state index contributed by atoms with van der Waals surface area (Å²) in [5.74, 6) is -2.79. The van der Waals surface area contributed by atoms with Gasteiger partial charge in [0.25, 0.3) is 5.24 Å². The van der Waals surface area contributed by atoms with Crippen LogP contribution in [0.5, 0.6) is 5.75 Å². The number of nitrogens with zero attached hydrogens (tertiary/aromatic N) is 1. The van der Waals surface area contributed by atoms with Crippen molar-refractivity contribution in [3.8, 4) is 5.75 Å². The first kappa shape index (κ1) is 19.4. The predicted octanol–water partition coefficient (Wildman–Crippen LogP) is 3.00. The van der Waals surface area contributed by atoms with Crippen molar-refractivity contribution in [1.82, 2.24) is 0 Å². The summed E-state index contributed by atoms with van der Waals surface area (Å²) in [4.78, 5) is 49.1. The van der Waals surface area contributed by atoms with Gasteiger partial charge in [-0.2, -0.15) is 0 Å². The molecule has 1 fully saturated rings. The molecule has 0 bridgehead atoms. The molecule has 1 heterocycles. The first-order valence-electron chi connectivity index (χ1n) is 8.24. The maximum absolute atomic E-state index is 12.6. The highest BCUT2D eigenvalue weighted by atomic mass is 32.2. The maximum Gasteiger partial charge on any atom is 0.339 e. The van der Waals surface area contributed by atoms with E-state index < -0.39 is 34.0 Å². The van der Waals surface area contributed by atoms with Crippen LogP contribution < -0.4 is 10.2 Å². The number of para-hydroxylation sites is 1. The van der Waals surface area contributed by atoms with Crippen LogP contribution in [-0.4, -0.2) is 38.5 Å². The Morgan fingerprint density at radius 2 is 1.89 bits per heavy atom. The summed E-state index contributed by atoms with van der Waals surface area (Å²) >= 11 is 0.783. The van der Waals surface area contributed by atoms with E-state index in [2.05, 4.69) is 5.32 Å². The van der Waals surface area contributed by atoms with Gasteiger partial charge in [0.2, 0.25) is 11.8 Å². The normalized spacial score (nSPS) is 16.3. The van der Waals surface area contributed by atoms with Crippen LogP contribution in [-0.2, 0) is 9.59 Å². The second-order valence-electron chi connectivity index (χ2n) is 6.12. The largest absolute Gasteiger partial charge is 0.507 e. The van der Waals surface area contributed by atoms with Crippen molar-refractivity contribution >= 4 is 46.2 Å². The number of rotatable bonds is 5. The number of thioether (sulfide) groups is 1. The highest BCUT2D eigenvalue weighted by molar-refractivity contribution is 8.15. The van der Waals surface area contributed by atoms with E-state index in [4.69, 9.17) is 5.11 Å². The lowest BCUT2D eigenvalue weighted by atomic mass is 10.1. The van der Waals surface area contributed by atoms with E-state index in [1.54, 1.807) is 31.2 Å². The molecule has 9 heteroatoms. The van der Waals surface area contributed by atoms with Gasteiger partial charge in [0, 0.05) is 18.2 Å². The number of carboxylic acid groups (broad SMARTS) is 1. The van der Waals surface area contributed by atoms with E-state index in [0.29, 0.717) is 5.69 Å². The molecule has 144 valence electrons. The number of benzene rings is 2. The van der Waals surface area contributed by atoms with Crippen molar-refractivity contribution < 1.29 is 29.4 Å². The zero-order valence-corrected chi connectivity index (χ0v) is 15.5. The average Bonchev–Trinajstić information content (AvgIpc) is 2.88. The minimum Gasteiger partial charge on any atom is -0.507 e. The monoisotopic (exact) mass is 400 g/mol. The Morgan fingerprint density at radius 3 is 2.54 bits per heavy atom. The number of carboxylic acids is 1. The molecular weight excluding hydrogens is 384 g/mol. The van der Waals surface area contributed by atoms with Crippen LogP contribution in [0.25, 0.3) is 0 Å². The van der Waals surface area contributed by atoms with Crippen LogP contribution in [0.2, 0.25) is 0 Å². The van der Waals surface area contributed by atoms with Gasteiger partial charge in [-0.1, -0.05) is 18.2 Å². The Labute approximate surface area is 164 Å². The van der Waals surface area contributed by atoms with Crippen molar-refractivity contribution in [3.05, 3.63) is 53.6 Å². The molecule has 8 nitrogen and oxygen atoms in total. The van der Waals surface area contributed by atoms with Crippen molar-refractivity contribution in [2.24, 2.45) is 0 Å². The first-order chi connectivity index (χ1) is 13.3. The van der Waals surface area contributed by atoms with Gasteiger partial charge >= 0.3 is 5.97 Å². The van der Waals surface area contributed by atoms with Gasteiger partial charge in [-0.25, -0.2) is 9.69 Å². The topological polar surface area (TPSA) is 124 Å². The first-order valence-corrected chi connectivity index (χ1v) is 9.12. The number of aromatic hydroxyl groups is 1. The van der Waals surface area contributed by atoms with Gasteiger partial charge in [0.1, 0.15) is 16.6 Å². The molecule has 1 aliphatic rings. The Balaban J connectivity index is 1.69. The van der Waals surface area contributed by atoms with E-state index in [-0.39, 0.29) is 17.7 Å². The molecule has 3 rings (SSSR count). The van der Waals surface area contributed by atoms with Crippen molar-refractivity contribution in [2.75, 3.05) is 10.2 Å². The fourth-order valence-corrected chi connectivity index (χ4v) is 3.77. The summed E-state index contributed by atoms with van der Waals surface area (Å²) in [5.41, 5.74) is 1.15. The Hall–Kier alpha value is -3.33. The number of carbonyl (C=O) groups is 4. The third kappa shape index (κ3) is 3.84. The van der Waals surface area contributed by atoms with Gasteiger partial charge in [-0.05, 0) is 42.4 Å². The number of amides is 3. The zero-order chi connectivity index (χ0) is 20.4. The van der Waals surface area contributed by atoms with Crippen molar-refractivity contribution in [3.63, 3.8) is 0 Å². The maximum atomic E-state index is 12.6. The summed E-state index contributed by atoms with van der Waals surface area (Å²) in [6, 6.07) is 10.6. The molecule has 2 aromatic carbocycles. The van der Waals surface area contributed by atoms with Crippen LogP contribution in [0.4, 0.5) is 16.2 Å². The number of carbonyl (C=O) groups excluding carboxylic acids is 3. The zero-order valence-electron chi connectivity index (χ0n) is 14.7. The third-order valence-corrected chi connectivity index (χ3v) is 5.20. The molecule has 28 heavy (non-hydrogen) atoms. The Kier molecular flexibility index (Phi) is 5.36. The molecular formula is C19H16N2O6S. The summed E-state index contributed by atoms with van der Waals surface area (Å²) in [7, 11) is 0. The summed E-state index contributed by atoms with van der Waals surface area (Å²) in [6.45, 7) is 1.79. The number of aryl methyl sites for hydroxylation is 1. The van der Waals surface area contributed by atoms with Gasteiger partial charge in [0.05, 0.1) is 5.69 Å². The van der Waals surface area contributed by atoms with E-state index >= 15 is 0 Å². The summed E-state index contributed by atoms with van der Waals surface area (Å²) in [6.07, 6.45) is -0.237. The number of aromatic carboxylic acids is 1. The second kappa shape index (κ2) is 7.73. The minimum atomic E-state index is -1.29. The fraction of sp³-hybridized carbons (Fsp3) is 0.158. The number of imide groups is 1. The van der Waals surface area contributed by atoms with Crippen LogP contribution >= 0.6 is 11.8 Å². The molecule has 0 saturated carbocycles. The van der Waals surface area contributed by atoms with E-state index in [1.807, 2.05) is 0 Å². The van der Waals surface area contributed by atoms with Gasteiger partial charge in [-0.3, -0.25) is 14.4 Å². The SMILES string of the molecule is Cc1ccccc1N1C(=O)SC(CC(=O)Nc2ccc(C(=O)O)c(O)c2)C1=O. The summed E-state index contributed by atoms with van der Waals surface area (Å²) < 4.78 is 0. The lowest BCUT2D eigenvalue weighted by molar-refractivity contribution is -0.121. The molecule has 1 atom stereocenters.